The van der Waals surface area contributed by atoms with Crippen molar-refractivity contribution in [3.63, 3.8) is 0 Å². The number of carbonyl (C=O) groups excluding carboxylic acids is 1. The molecule has 0 aliphatic rings. The van der Waals surface area contributed by atoms with Crippen LogP contribution in [-0.2, 0) is 0 Å². The van der Waals surface area contributed by atoms with Crippen LogP contribution < -0.4 is 22.1 Å². The number of nitrogen functional groups attached to an aromatic ring is 1. The minimum Gasteiger partial charge on any atom is -0.401 e. The lowest BCUT2D eigenvalue weighted by Crippen LogP contribution is -2.34. The van der Waals surface area contributed by atoms with E-state index in [-0.39, 0.29) is 33.3 Å². The molecule has 6 N–H and O–H groups in total. The molecule has 0 fully saturated rings. The van der Waals surface area contributed by atoms with Gasteiger partial charge in [0.25, 0.3) is 0 Å². The zero-order valence-corrected chi connectivity index (χ0v) is 22.8. The number of thiophene rings is 1. The van der Waals surface area contributed by atoms with Crippen molar-refractivity contribution in [3.8, 4) is 11.1 Å². The van der Waals surface area contributed by atoms with E-state index in [9.17, 15) is 4.79 Å². The fourth-order valence-electron chi connectivity index (χ4n) is 3.44. The van der Waals surface area contributed by atoms with E-state index in [2.05, 4.69) is 25.6 Å². The van der Waals surface area contributed by atoms with Crippen LogP contribution in [0.5, 0.6) is 0 Å². The summed E-state index contributed by atoms with van der Waals surface area (Å²) in [6.45, 7) is 7.81. The van der Waals surface area contributed by atoms with Gasteiger partial charge in [-0.25, -0.2) is 24.1 Å². The van der Waals surface area contributed by atoms with Crippen LogP contribution in [0.25, 0.3) is 21.3 Å². The Balaban J connectivity index is 1.61. The average Bonchev–Trinajstić information content (AvgIpc) is 3.28. The molecule has 0 radical (unpaired) electrons. The number of urea groups is 1. The molecule has 2 amide bonds. The van der Waals surface area contributed by atoms with Crippen molar-refractivity contribution in [2.45, 2.75) is 27.7 Å². The Hall–Kier alpha value is -4.02. The van der Waals surface area contributed by atoms with Gasteiger partial charge in [-0.05, 0) is 31.2 Å². The third kappa shape index (κ3) is 5.92. The van der Waals surface area contributed by atoms with Crippen molar-refractivity contribution in [1.29, 1.82) is 0 Å². The van der Waals surface area contributed by atoms with E-state index < -0.39 is 11.8 Å². The Morgan fingerprint density at radius 1 is 1.13 bits per heavy atom. The zero-order chi connectivity index (χ0) is 27.6. The quantitative estimate of drug-likeness (QED) is 0.164. The molecule has 2 aromatic carbocycles. The number of amides is 2. The maximum Gasteiger partial charge on any atom is 0.324 e. The molecule has 196 valence electrons. The van der Waals surface area contributed by atoms with E-state index in [0.717, 1.165) is 5.56 Å². The molecule has 11 heteroatoms. The fraction of sp³-hybridized carbons (Fsp3) is 0.185. The van der Waals surface area contributed by atoms with E-state index in [0.29, 0.717) is 27.2 Å². The Morgan fingerprint density at radius 2 is 1.84 bits per heavy atom. The largest absolute Gasteiger partial charge is 0.401 e. The highest BCUT2D eigenvalue weighted by Crippen LogP contribution is 2.40. The highest BCUT2D eigenvalue weighted by Gasteiger charge is 2.20. The van der Waals surface area contributed by atoms with Gasteiger partial charge < -0.3 is 16.8 Å². The lowest BCUT2D eigenvalue weighted by Gasteiger charge is -2.19. The van der Waals surface area contributed by atoms with Gasteiger partial charge in [-0.3, -0.25) is 5.32 Å². The van der Waals surface area contributed by atoms with Crippen LogP contribution in [0, 0.1) is 18.2 Å². The number of carbonyl (C=O) groups is 1. The minimum absolute atomic E-state index is 0.0802. The summed E-state index contributed by atoms with van der Waals surface area (Å²) in [5, 5.41) is 7.31. The number of halogens is 2. The van der Waals surface area contributed by atoms with Gasteiger partial charge >= 0.3 is 6.03 Å². The van der Waals surface area contributed by atoms with Crippen LogP contribution in [0.2, 0.25) is 5.02 Å². The smallest absolute Gasteiger partial charge is 0.324 e. The topological polar surface area (TPSA) is 131 Å². The number of aliphatic imine (C=N–C) groups is 1. The summed E-state index contributed by atoms with van der Waals surface area (Å²) in [5.41, 5.74) is 14.9. The second-order valence-corrected chi connectivity index (χ2v) is 10.9. The fourth-order valence-corrected chi connectivity index (χ4v) is 4.57. The number of aromatic nitrogens is 2. The van der Waals surface area contributed by atoms with Crippen LogP contribution in [0.3, 0.4) is 0 Å². The Kier molecular flexibility index (Phi) is 7.66. The molecule has 0 aliphatic carbocycles. The van der Waals surface area contributed by atoms with Crippen LogP contribution in [0.15, 0.2) is 64.9 Å². The molecule has 38 heavy (non-hydrogen) atoms. The van der Waals surface area contributed by atoms with Gasteiger partial charge in [-0.2, -0.15) is 0 Å². The highest BCUT2D eigenvalue weighted by molar-refractivity contribution is 7.17. The molecule has 0 saturated carbocycles. The van der Waals surface area contributed by atoms with Crippen molar-refractivity contribution in [2.24, 2.45) is 16.1 Å². The summed E-state index contributed by atoms with van der Waals surface area (Å²) in [7, 11) is 0. The number of nitrogens with one attached hydrogen (secondary N) is 2. The SMILES string of the molecule is Cc1ccc(N=C(/C=C(\N)C(C)(C)C)NC(=O)Nc2ccc(-c3csc4ncnc(N)c34)c(F)c2Cl)cc1. The van der Waals surface area contributed by atoms with Gasteiger partial charge in [0.2, 0.25) is 0 Å². The van der Waals surface area contributed by atoms with Gasteiger partial charge in [0.15, 0.2) is 5.82 Å². The molecule has 2 heterocycles. The molecule has 8 nitrogen and oxygen atoms in total. The Labute approximate surface area is 228 Å². The zero-order valence-electron chi connectivity index (χ0n) is 21.3. The first-order chi connectivity index (χ1) is 17.9. The standard InChI is InChI=1S/C27H27ClFN7OS/c1-14-5-7-15(8-6-14)34-20(11-19(30)27(2,3)4)36-26(37)35-18-10-9-16(23(29)22(18)28)17-12-38-25-21(17)24(31)32-13-33-25/h5-13H,30H2,1-4H3,(H2,31,32,33)(H2,34,35,36,37)/b19-11-. The number of nitrogens with zero attached hydrogens (tertiary/aromatic N) is 3. The lowest BCUT2D eigenvalue weighted by molar-refractivity contribution is 0.256. The lowest BCUT2D eigenvalue weighted by atomic mass is 9.92. The summed E-state index contributed by atoms with van der Waals surface area (Å²) < 4.78 is 15.4. The second kappa shape index (κ2) is 10.8. The van der Waals surface area contributed by atoms with Gasteiger partial charge in [0, 0.05) is 33.7 Å². The third-order valence-corrected chi connectivity index (χ3v) is 6.96. The number of fused-ring (bicyclic) bond motifs is 1. The molecule has 0 atom stereocenters. The summed E-state index contributed by atoms with van der Waals surface area (Å²) in [4.78, 5) is 26.2. The van der Waals surface area contributed by atoms with Crippen LogP contribution >= 0.6 is 22.9 Å². The molecule has 0 bridgehead atoms. The number of hydrogen-bond donors (Lipinski definition) is 4. The maximum atomic E-state index is 15.4. The van der Waals surface area contributed by atoms with E-state index in [4.69, 9.17) is 23.1 Å². The first-order valence-electron chi connectivity index (χ1n) is 11.6. The monoisotopic (exact) mass is 551 g/mol. The molecular formula is C27H27ClFN7OS. The van der Waals surface area contributed by atoms with Crippen LogP contribution in [-0.4, -0.2) is 21.8 Å². The van der Waals surface area contributed by atoms with Crippen molar-refractivity contribution in [1.82, 2.24) is 15.3 Å². The van der Waals surface area contributed by atoms with E-state index in [1.165, 1.54) is 29.8 Å². The number of nitrogens with two attached hydrogens (primary N) is 2. The molecule has 4 rings (SSSR count). The van der Waals surface area contributed by atoms with Crippen LogP contribution in [0.4, 0.5) is 26.4 Å². The molecule has 0 spiro atoms. The Morgan fingerprint density at radius 3 is 2.53 bits per heavy atom. The molecule has 0 saturated heterocycles. The predicted molar refractivity (Wildman–Crippen MR) is 154 cm³/mol. The molecule has 4 aromatic rings. The molecule has 2 aromatic heterocycles. The first kappa shape index (κ1) is 27.0. The number of allylic oxidation sites excluding steroid dienone is 1. The number of hydrogen-bond acceptors (Lipinski definition) is 7. The van der Waals surface area contributed by atoms with Gasteiger partial charge in [-0.15, -0.1) is 11.3 Å². The normalized spacial score (nSPS) is 12.6. The average molecular weight is 552 g/mol. The van der Waals surface area contributed by atoms with E-state index in [1.54, 1.807) is 11.5 Å². The summed E-state index contributed by atoms with van der Waals surface area (Å²) >= 11 is 7.65. The number of rotatable bonds is 4. The van der Waals surface area contributed by atoms with Gasteiger partial charge in [0.1, 0.15) is 27.8 Å². The van der Waals surface area contributed by atoms with Crippen molar-refractivity contribution < 1.29 is 9.18 Å². The number of anilines is 2. The summed E-state index contributed by atoms with van der Waals surface area (Å²) in [6.07, 6.45) is 2.95. The minimum atomic E-state index is -0.710. The number of aryl methyl sites for hydroxylation is 1. The second-order valence-electron chi connectivity index (χ2n) is 9.64. The van der Waals surface area contributed by atoms with E-state index in [1.807, 2.05) is 52.0 Å². The number of amidine groups is 1. The van der Waals surface area contributed by atoms with Gasteiger partial charge in [0.05, 0.1) is 16.8 Å². The van der Waals surface area contributed by atoms with Crippen molar-refractivity contribution >= 4 is 62.2 Å². The maximum absolute atomic E-state index is 15.4. The first-order valence-corrected chi connectivity index (χ1v) is 12.9. The Bertz CT molecular complexity index is 1570. The van der Waals surface area contributed by atoms with Crippen molar-refractivity contribution in [3.05, 3.63) is 76.3 Å². The summed E-state index contributed by atoms with van der Waals surface area (Å²) in [6, 6.07) is 9.84. The van der Waals surface area contributed by atoms with Gasteiger partial charge in [-0.1, -0.05) is 50.1 Å². The molecule has 0 aliphatic heterocycles. The molecule has 0 unspecified atom stereocenters. The molecular weight excluding hydrogens is 525 g/mol. The van der Waals surface area contributed by atoms with Crippen LogP contribution in [0.1, 0.15) is 26.3 Å². The highest BCUT2D eigenvalue weighted by atomic mass is 35.5. The third-order valence-electron chi connectivity index (χ3n) is 5.70. The predicted octanol–water partition coefficient (Wildman–Crippen LogP) is 6.78. The number of benzene rings is 2. The van der Waals surface area contributed by atoms with Crippen molar-refractivity contribution in [2.75, 3.05) is 11.1 Å². The van der Waals surface area contributed by atoms with E-state index >= 15 is 4.39 Å². The summed E-state index contributed by atoms with van der Waals surface area (Å²) in [5.74, 6) is -0.253.